The molecule has 2 saturated heterocycles. The molecule has 2 aliphatic rings. The number of amides is 2. The number of benzene rings is 2. The lowest BCUT2D eigenvalue weighted by Gasteiger charge is -2.42. The molecule has 0 saturated carbocycles. The summed E-state index contributed by atoms with van der Waals surface area (Å²) in [6.07, 6.45) is -0.0921. The number of para-hydroxylation sites is 1. The quantitative estimate of drug-likeness (QED) is 0.688. The molecule has 0 radical (unpaired) electrons. The van der Waals surface area contributed by atoms with Crippen LogP contribution in [0.3, 0.4) is 0 Å². The van der Waals surface area contributed by atoms with Crippen LogP contribution in [-0.2, 0) is 16.1 Å². The monoisotopic (exact) mass is 465 g/mol. The molecule has 0 aliphatic carbocycles. The summed E-state index contributed by atoms with van der Waals surface area (Å²) in [6, 6.07) is 16.9. The van der Waals surface area contributed by atoms with Crippen molar-refractivity contribution in [1.82, 2.24) is 9.80 Å². The number of carboxylic acid groups (broad SMARTS) is 1. The fourth-order valence-corrected chi connectivity index (χ4v) is 4.74. The van der Waals surface area contributed by atoms with Crippen molar-refractivity contribution < 1.29 is 24.2 Å². The van der Waals surface area contributed by atoms with Crippen molar-refractivity contribution in [2.24, 2.45) is 0 Å². The lowest BCUT2D eigenvalue weighted by Crippen LogP contribution is -2.57. The Balaban J connectivity index is 1.58. The van der Waals surface area contributed by atoms with Gasteiger partial charge >= 0.3 is 12.1 Å². The summed E-state index contributed by atoms with van der Waals surface area (Å²) in [7, 11) is 0. The zero-order valence-electron chi connectivity index (χ0n) is 19.9. The van der Waals surface area contributed by atoms with E-state index in [0.717, 1.165) is 11.3 Å². The predicted molar refractivity (Wildman–Crippen MR) is 128 cm³/mol. The first-order valence-corrected chi connectivity index (χ1v) is 11.5. The number of carbonyl (C=O) groups excluding carboxylic acids is 2. The standard InChI is InChI=1S/C26H31N3O5/c1-25(2,3)34-22(30)20-9-7-8-19(16-20)17-28-18-29(21-10-5-4-6-11-21)26(23(28)31)12-14-27(15-13-26)24(32)33/h4-11,16H,12-15,17-18H2,1-3H3,(H,32,33). The molecule has 2 aromatic carbocycles. The van der Waals surface area contributed by atoms with Crippen LogP contribution < -0.4 is 4.90 Å². The smallest absolute Gasteiger partial charge is 0.407 e. The van der Waals surface area contributed by atoms with Crippen LogP contribution in [-0.4, -0.2) is 63.8 Å². The molecular weight excluding hydrogens is 434 g/mol. The van der Waals surface area contributed by atoms with Crippen molar-refractivity contribution in [2.45, 2.75) is 51.3 Å². The highest BCUT2D eigenvalue weighted by Crippen LogP contribution is 2.40. The first kappa shape index (κ1) is 23.6. The van der Waals surface area contributed by atoms with Crippen molar-refractivity contribution in [3.8, 4) is 0 Å². The molecule has 8 nitrogen and oxygen atoms in total. The molecule has 2 amide bonds. The van der Waals surface area contributed by atoms with Crippen molar-refractivity contribution >= 4 is 23.7 Å². The van der Waals surface area contributed by atoms with Crippen LogP contribution in [0.2, 0.25) is 0 Å². The Bertz CT molecular complexity index is 1070. The molecule has 0 bridgehead atoms. The maximum atomic E-state index is 13.8. The maximum absolute atomic E-state index is 13.8. The highest BCUT2D eigenvalue weighted by molar-refractivity contribution is 5.94. The summed E-state index contributed by atoms with van der Waals surface area (Å²) in [6.45, 7) is 6.84. The minimum Gasteiger partial charge on any atom is -0.465 e. The summed E-state index contributed by atoms with van der Waals surface area (Å²) < 4.78 is 5.48. The number of carbonyl (C=O) groups is 3. The molecule has 34 heavy (non-hydrogen) atoms. The number of hydrogen-bond acceptors (Lipinski definition) is 5. The number of nitrogens with zero attached hydrogens (tertiary/aromatic N) is 3. The molecule has 2 heterocycles. The van der Waals surface area contributed by atoms with E-state index in [0.29, 0.717) is 44.7 Å². The van der Waals surface area contributed by atoms with E-state index in [2.05, 4.69) is 4.90 Å². The van der Waals surface area contributed by atoms with Gasteiger partial charge in [0.05, 0.1) is 12.2 Å². The third kappa shape index (κ3) is 4.71. The highest BCUT2D eigenvalue weighted by atomic mass is 16.6. The van der Waals surface area contributed by atoms with E-state index in [1.807, 2.05) is 57.2 Å². The Labute approximate surface area is 199 Å². The van der Waals surface area contributed by atoms with Gasteiger partial charge in [0.25, 0.3) is 0 Å². The SMILES string of the molecule is CC(C)(C)OC(=O)c1cccc(CN2CN(c3ccccc3)C3(CCN(C(=O)O)CC3)C2=O)c1. The van der Waals surface area contributed by atoms with Crippen molar-refractivity contribution in [1.29, 1.82) is 0 Å². The second kappa shape index (κ2) is 9.00. The summed E-state index contributed by atoms with van der Waals surface area (Å²) >= 11 is 0. The zero-order valence-corrected chi connectivity index (χ0v) is 19.9. The molecule has 1 N–H and O–H groups in total. The van der Waals surface area contributed by atoms with E-state index in [4.69, 9.17) is 4.74 Å². The number of esters is 1. The summed E-state index contributed by atoms with van der Waals surface area (Å²) in [4.78, 5) is 43.0. The fourth-order valence-electron chi connectivity index (χ4n) is 4.74. The summed E-state index contributed by atoms with van der Waals surface area (Å²) in [5.74, 6) is -0.408. The molecule has 0 aromatic heterocycles. The third-order valence-electron chi connectivity index (χ3n) is 6.38. The van der Waals surface area contributed by atoms with Gasteiger partial charge in [0, 0.05) is 25.3 Å². The molecule has 4 rings (SSSR count). The maximum Gasteiger partial charge on any atom is 0.407 e. The van der Waals surface area contributed by atoms with Crippen molar-refractivity contribution in [2.75, 3.05) is 24.7 Å². The van der Waals surface area contributed by atoms with Crippen LogP contribution in [0.1, 0.15) is 49.5 Å². The topological polar surface area (TPSA) is 90.4 Å². The van der Waals surface area contributed by atoms with E-state index < -0.39 is 23.2 Å². The number of hydrogen-bond donors (Lipinski definition) is 1. The second-order valence-corrected chi connectivity index (χ2v) is 9.91. The van der Waals surface area contributed by atoms with Gasteiger partial charge in [0.2, 0.25) is 5.91 Å². The molecule has 2 aromatic rings. The van der Waals surface area contributed by atoms with E-state index in [1.54, 1.807) is 23.1 Å². The zero-order chi connectivity index (χ0) is 24.5. The first-order chi connectivity index (χ1) is 16.1. The molecule has 1 spiro atoms. The van der Waals surface area contributed by atoms with Crippen LogP contribution in [0.15, 0.2) is 54.6 Å². The van der Waals surface area contributed by atoms with Gasteiger partial charge in [-0.1, -0.05) is 30.3 Å². The second-order valence-electron chi connectivity index (χ2n) is 9.91. The summed E-state index contributed by atoms with van der Waals surface area (Å²) in [5, 5.41) is 9.39. The van der Waals surface area contributed by atoms with Crippen LogP contribution in [0, 0.1) is 0 Å². The number of rotatable bonds is 4. The first-order valence-electron chi connectivity index (χ1n) is 11.5. The number of anilines is 1. The van der Waals surface area contributed by atoms with Gasteiger partial charge in [-0.2, -0.15) is 0 Å². The lowest BCUT2D eigenvalue weighted by atomic mass is 9.85. The van der Waals surface area contributed by atoms with Gasteiger partial charge < -0.3 is 24.5 Å². The van der Waals surface area contributed by atoms with Crippen LogP contribution in [0.4, 0.5) is 10.5 Å². The summed E-state index contributed by atoms with van der Waals surface area (Å²) in [5.41, 5.74) is 0.847. The van der Waals surface area contributed by atoms with Gasteiger partial charge in [-0.25, -0.2) is 9.59 Å². The van der Waals surface area contributed by atoms with Crippen LogP contribution in [0.25, 0.3) is 0 Å². The Kier molecular flexibility index (Phi) is 6.25. The van der Waals surface area contributed by atoms with Crippen molar-refractivity contribution in [3.63, 3.8) is 0 Å². The minimum absolute atomic E-state index is 0.0101. The number of likely N-dealkylation sites (tertiary alicyclic amines) is 1. The lowest BCUT2D eigenvalue weighted by molar-refractivity contribution is -0.134. The normalized spacial score (nSPS) is 17.9. The molecule has 180 valence electrons. The third-order valence-corrected chi connectivity index (χ3v) is 6.38. The number of ether oxygens (including phenoxy) is 1. The van der Waals surface area contributed by atoms with Crippen molar-refractivity contribution in [3.05, 3.63) is 65.7 Å². The Hall–Kier alpha value is -3.55. The van der Waals surface area contributed by atoms with E-state index in [-0.39, 0.29) is 5.91 Å². The average Bonchev–Trinajstić information content (AvgIpc) is 3.05. The fraction of sp³-hybridized carbons (Fsp3) is 0.423. The van der Waals surface area contributed by atoms with E-state index in [9.17, 15) is 19.5 Å². The molecule has 8 heteroatoms. The van der Waals surface area contributed by atoms with Gasteiger partial charge in [0.1, 0.15) is 11.1 Å². The predicted octanol–water partition coefficient (Wildman–Crippen LogP) is 3.96. The minimum atomic E-state index is -0.956. The van der Waals surface area contributed by atoms with E-state index in [1.165, 1.54) is 4.90 Å². The van der Waals surface area contributed by atoms with Gasteiger partial charge in [0.15, 0.2) is 0 Å². The number of piperidine rings is 1. The van der Waals surface area contributed by atoms with Gasteiger partial charge in [-0.3, -0.25) is 4.79 Å². The Morgan fingerprint density at radius 1 is 1.03 bits per heavy atom. The Morgan fingerprint density at radius 2 is 1.71 bits per heavy atom. The molecule has 0 unspecified atom stereocenters. The average molecular weight is 466 g/mol. The highest BCUT2D eigenvalue weighted by Gasteiger charge is 2.54. The van der Waals surface area contributed by atoms with Crippen LogP contribution >= 0.6 is 0 Å². The molecule has 2 aliphatic heterocycles. The van der Waals surface area contributed by atoms with E-state index >= 15 is 0 Å². The molecule has 2 fully saturated rings. The van der Waals surface area contributed by atoms with Gasteiger partial charge in [-0.15, -0.1) is 0 Å². The molecular formula is C26H31N3O5. The van der Waals surface area contributed by atoms with Gasteiger partial charge in [-0.05, 0) is 63.4 Å². The Morgan fingerprint density at radius 3 is 2.32 bits per heavy atom. The largest absolute Gasteiger partial charge is 0.465 e. The molecule has 0 atom stereocenters. The van der Waals surface area contributed by atoms with Crippen LogP contribution in [0.5, 0.6) is 0 Å².